The Morgan fingerprint density at radius 1 is 1.13 bits per heavy atom. The summed E-state index contributed by atoms with van der Waals surface area (Å²) in [6, 6.07) is 13.7. The van der Waals surface area contributed by atoms with E-state index < -0.39 is 5.09 Å². The van der Waals surface area contributed by atoms with E-state index in [-0.39, 0.29) is 0 Å². The molecular weight excluding hydrogens is 489 g/mol. The maximum atomic E-state index is 8.36. The van der Waals surface area contributed by atoms with Gasteiger partial charge in [-0.25, -0.2) is 4.98 Å². The summed E-state index contributed by atoms with van der Waals surface area (Å²) in [5.74, 6) is 1.94. The number of aromatic nitrogens is 2. The molecule has 0 spiro atoms. The fraction of sp³-hybridized carbons (Fsp3) is 0.211. The normalized spacial score (nSPS) is 11.4. The number of nitrogens with zero attached hydrogens (tertiary/aromatic N) is 3. The van der Waals surface area contributed by atoms with Crippen LogP contribution >= 0.6 is 58.3 Å². The van der Waals surface area contributed by atoms with Crippen molar-refractivity contribution in [2.24, 2.45) is 0 Å². The second kappa shape index (κ2) is 13.0. The van der Waals surface area contributed by atoms with Gasteiger partial charge < -0.3 is 9.77 Å². The molecule has 0 saturated heterocycles. The van der Waals surface area contributed by atoms with Crippen molar-refractivity contribution in [2.75, 3.05) is 5.75 Å². The number of benzene rings is 2. The minimum atomic E-state index is -1.50. The minimum Gasteiger partial charge on any atom is -0.336 e. The Hall–Kier alpha value is -1.58. The van der Waals surface area contributed by atoms with Crippen LogP contribution in [-0.2, 0) is 12.3 Å². The van der Waals surface area contributed by atoms with Gasteiger partial charge >= 0.3 is 0 Å². The molecule has 0 aliphatic heterocycles. The van der Waals surface area contributed by atoms with Gasteiger partial charge in [0, 0.05) is 50.6 Å². The molecule has 6 nitrogen and oxygen atoms in total. The maximum Gasteiger partial charge on any atom is 0.291 e. The van der Waals surface area contributed by atoms with E-state index in [2.05, 4.69) is 21.7 Å². The molecule has 30 heavy (non-hydrogen) atoms. The molecule has 0 amide bonds. The van der Waals surface area contributed by atoms with Crippen LogP contribution in [-0.4, -0.2) is 30.8 Å². The summed E-state index contributed by atoms with van der Waals surface area (Å²) in [4.78, 5) is 13.5. The smallest absolute Gasteiger partial charge is 0.291 e. The van der Waals surface area contributed by atoms with Crippen LogP contribution in [0.25, 0.3) is 0 Å². The highest BCUT2D eigenvalue weighted by Crippen LogP contribution is 2.34. The summed E-state index contributed by atoms with van der Waals surface area (Å²) < 4.78 is 2.10. The van der Waals surface area contributed by atoms with Crippen LogP contribution in [0.4, 0.5) is 0 Å². The van der Waals surface area contributed by atoms with E-state index in [1.54, 1.807) is 24.0 Å². The van der Waals surface area contributed by atoms with Crippen LogP contribution in [0, 0.1) is 10.1 Å². The molecule has 3 rings (SSSR count). The number of halogens is 3. The summed E-state index contributed by atoms with van der Waals surface area (Å²) in [5, 5.41) is 16.1. The van der Waals surface area contributed by atoms with Gasteiger partial charge in [0.1, 0.15) is 0 Å². The molecule has 0 saturated carbocycles. The fourth-order valence-electron chi connectivity index (χ4n) is 2.39. The Kier molecular flexibility index (Phi) is 10.7. The lowest BCUT2D eigenvalue weighted by Crippen LogP contribution is -2.15. The first-order valence-corrected chi connectivity index (χ1v) is 11.7. The molecular formula is C19H18Cl3N3O3S2. The third kappa shape index (κ3) is 9.49. The molecule has 0 bridgehead atoms. The van der Waals surface area contributed by atoms with Crippen molar-refractivity contribution in [3.63, 3.8) is 0 Å². The summed E-state index contributed by atoms with van der Waals surface area (Å²) in [6.07, 6.45) is 5.64. The lowest BCUT2D eigenvalue weighted by atomic mass is 10.2. The quantitative estimate of drug-likeness (QED) is 0.211. The topological polar surface area (TPSA) is 81.2 Å². The van der Waals surface area contributed by atoms with E-state index in [0.29, 0.717) is 15.3 Å². The number of hydrogen-bond donors (Lipinski definition) is 1. The zero-order valence-electron chi connectivity index (χ0n) is 15.5. The average molecular weight is 507 g/mol. The number of hydrogen-bond acceptors (Lipinski definition) is 5. The number of thioether (sulfide) groups is 2. The summed E-state index contributed by atoms with van der Waals surface area (Å²) in [7, 11) is 0. The lowest BCUT2D eigenvalue weighted by Gasteiger charge is -2.18. The molecule has 0 radical (unpaired) electrons. The summed E-state index contributed by atoms with van der Waals surface area (Å²) >= 11 is 22.0. The van der Waals surface area contributed by atoms with Gasteiger partial charge in [0.15, 0.2) is 0 Å². The van der Waals surface area contributed by atoms with Crippen molar-refractivity contribution in [3.05, 3.63) is 91.9 Å². The first-order chi connectivity index (χ1) is 14.3. The molecule has 1 atom stereocenters. The Bertz CT molecular complexity index is 925. The second-order valence-electron chi connectivity index (χ2n) is 5.95. The third-order valence-electron chi connectivity index (χ3n) is 3.65. The molecule has 1 unspecified atom stereocenters. The van der Waals surface area contributed by atoms with Crippen LogP contribution in [0.15, 0.2) is 66.1 Å². The Balaban J connectivity index is 0.000000735. The van der Waals surface area contributed by atoms with E-state index in [1.165, 1.54) is 5.56 Å². The van der Waals surface area contributed by atoms with Gasteiger partial charge in [-0.1, -0.05) is 46.9 Å². The van der Waals surface area contributed by atoms with Crippen LogP contribution in [0.5, 0.6) is 0 Å². The molecule has 3 aromatic rings. The zero-order valence-corrected chi connectivity index (χ0v) is 19.4. The van der Waals surface area contributed by atoms with Gasteiger partial charge in [0.05, 0.1) is 11.3 Å². The first kappa shape index (κ1) is 24.7. The van der Waals surface area contributed by atoms with Gasteiger partial charge in [-0.05, 0) is 35.9 Å². The monoisotopic (exact) mass is 505 g/mol. The predicted octanol–water partition coefficient (Wildman–Crippen LogP) is 6.59. The van der Waals surface area contributed by atoms with E-state index in [9.17, 15) is 0 Å². The highest BCUT2D eigenvalue weighted by Gasteiger charge is 2.14. The van der Waals surface area contributed by atoms with Crippen LogP contribution in [0.3, 0.4) is 0 Å². The molecule has 1 aromatic heterocycles. The predicted molar refractivity (Wildman–Crippen MR) is 125 cm³/mol. The van der Waals surface area contributed by atoms with Crippen LogP contribution in [0.1, 0.15) is 5.56 Å². The molecule has 1 heterocycles. The SMILES string of the molecule is Clc1ccc(CSCC(Cn2ccnc2)Sc2ccc(Cl)cc2Cl)cc1.O=[N+]([O-])O. The van der Waals surface area contributed by atoms with Crippen molar-refractivity contribution < 1.29 is 10.3 Å². The number of imidazole rings is 1. The highest BCUT2D eigenvalue weighted by atomic mass is 35.5. The molecule has 1 N–H and O–H groups in total. The Morgan fingerprint density at radius 2 is 1.80 bits per heavy atom. The summed E-state index contributed by atoms with van der Waals surface area (Å²) in [5.41, 5.74) is 1.27. The standard InChI is InChI=1S/C19H17Cl3N2S2.HNO3/c20-15-3-1-14(2-4-15)11-25-12-17(10-24-8-7-23-13-24)26-19-6-5-16(21)9-18(19)22;2-1(3)4/h1-9,13,17H,10-12H2;(H,2,3,4). The Morgan fingerprint density at radius 3 is 2.40 bits per heavy atom. The van der Waals surface area contributed by atoms with E-state index in [1.807, 2.05) is 48.6 Å². The fourth-order valence-corrected chi connectivity index (χ4v) is 5.46. The van der Waals surface area contributed by atoms with Crippen LogP contribution < -0.4 is 0 Å². The molecule has 160 valence electrons. The maximum absolute atomic E-state index is 8.36. The third-order valence-corrected chi connectivity index (χ3v) is 7.20. The van der Waals surface area contributed by atoms with Crippen molar-refractivity contribution in [2.45, 2.75) is 22.4 Å². The average Bonchev–Trinajstić information content (AvgIpc) is 3.18. The van der Waals surface area contributed by atoms with Gasteiger partial charge in [-0.3, -0.25) is 0 Å². The molecule has 0 aliphatic rings. The van der Waals surface area contributed by atoms with Crippen molar-refractivity contribution >= 4 is 58.3 Å². The van der Waals surface area contributed by atoms with Crippen molar-refractivity contribution in [1.29, 1.82) is 0 Å². The lowest BCUT2D eigenvalue weighted by molar-refractivity contribution is -0.742. The van der Waals surface area contributed by atoms with Crippen LogP contribution in [0.2, 0.25) is 15.1 Å². The summed E-state index contributed by atoms with van der Waals surface area (Å²) in [6.45, 7) is 0.872. The first-order valence-electron chi connectivity index (χ1n) is 8.56. The van der Waals surface area contributed by atoms with Crippen molar-refractivity contribution in [3.8, 4) is 0 Å². The molecule has 2 aromatic carbocycles. The van der Waals surface area contributed by atoms with Crippen molar-refractivity contribution in [1.82, 2.24) is 9.55 Å². The molecule has 11 heteroatoms. The molecule has 0 fully saturated rings. The minimum absolute atomic E-state index is 0.361. The molecule has 0 aliphatic carbocycles. The van der Waals surface area contributed by atoms with E-state index in [4.69, 9.17) is 50.1 Å². The highest BCUT2D eigenvalue weighted by molar-refractivity contribution is 8.03. The number of rotatable bonds is 8. The van der Waals surface area contributed by atoms with Gasteiger partial charge in [0.2, 0.25) is 0 Å². The largest absolute Gasteiger partial charge is 0.336 e. The van der Waals surface area contributed by atoms with Gasteiger partial charge in [0.25, 0.3) is 5.09 Å². The zero-order chi connectivity index (χ0) is 21.9. The van der Waals surface area contributed by atoms with Gasteiger partial charge in [-0.15, -0.1) is 21.9 Å². The van der Waals surface area contributed by atoms with E-state index in [0.717, 1.165) is 28.0 Å². The van der Waals surface area contributed by atoms with E-state index >= 15 is 0 Å². The second-order valence-corrected chi connectivity index (χ2v) is 9.61. The van der Waals surface area contributed by atoms with Gasteiger partial charge in [-0.2, -0.15) is 11.8 Å². The Labute approximate surface area is 197 Å².